The Hall–Kier alpha value is -0.410. The normalized spacial score (nSPS) is 21.8. The van der Waals surface area contributed by atoms with Gasteiger partial charge in [0.25, 0.3) is 0 Å². The van der Waals surface area contributed by atoms with E-state index < -0.39 is 0 Å². The van der Waals surface area contributed by atoms with E-state index in [0.717, 1.165) is 11.8 Å². The molecular weight excluding hydrogens is 206 g/mol. The summed E-state index contributed by atoms with van der Waals surface area (Å²) >= 11 is 1.91. The average Bonchev–Trinajstić information content (AvgIpc) is 2.66. The van der Waals surface area contributed by atoms with Crippen molar-refractivity contribution in [3.8, 4) is 0 Å². The third kappa shape index (κ3) is 3.28. The van der Waals surface area contributed by atoms with E-state index in [1.807, 2.05) is 18.7 Å². The summed E-state index contributed by atoms with van der Waals surface area (Å²) in [5.41, 5.74) is 0. The van der Waals surface area contributed by atoms with Gasteiger partial charge in [-0.05, 0) is 44.6 Å². The van der Waals surface area contributed by atoms with Crippen LogP contribution in [0.5, 0.6) is 0 Å². The van der Waals surface area contributed by atoms with Crippen LogP contribution >= 0.6 is 11.8 Å². The summed E-state index contributed by atoms with van der Waals surface area (Å²) in [5.74, 6) is 2.24. The molecule has 0 bridgehead atoms. The fourth-order valence-electron chi connectivity index (χ4n) is 2.00. The number of thioether (sulfide) groups is 1. The van der Waals surface area contributed by atoms with Gasteiger partial charge in [-0.15, -0.1) is 11.8 Å². The predicted molar refractivity (Wildman–Crippen MR) is 64.4 cm³/mol. The molecule has 15 heavy (non-hydrogen) atoms. The molecule has 1 aromatic heterocycles. The van der Waals surface area contributed by atoms with E-state index in [2.05, 4.69) is 11.4 Å². The highest BCUT2D eigenvalue weighted by molar-refractivity contribution is 7.99. The fourth-order valence-corrected chi connectivity index (χ4v) is 3.03. The van der Waals surface area contributed by atoms with E-state index in [0.29, 0.717) is 0 Å². The first-order chi connectivity index (χ1) is 7.36. The van der Waals surface area contributed by atoms with Crippen LogP contribution in [-0.4, -0.2) is 18.3 Å². The third-order valence-electron chi connectivity index (χ3n) is 2.95. The molecular formula is C12H19NOS. The first kappa shape index (κ1) is 11.1. The van der Waals surface area contributed by atoms with Crippen LogP contribution < -0.4 is 5.32 Å². The zero-order chi connectivity index (χ0) is 10.5. The SMILES string of the molecule is Cc1occc1SCCC1CCCCN1. The van der Waals surface area contributed by atoms with Gasteiger partial charge in [0.05, 0.1) is 6.26 Å². The summed E-state index contributed by atoms with van der Waals surface area (Å²) in [5, 5.41) is 3.58. The second-order valence-corrected chi connectivity index (χ2v) is 5.26. The van der Waals surface area contributed by atoms with Crippen LogP contribution in [0.3, 0.4) is 0 Å². The minimum atomic E-state index is 0.749. The van der Waals surface area contributed by atoms with Crippen molar-refractivity contribution in [3.63, 3.8) is 0 Å². The smallest absolute Gasteiger partial charge is 0.114 e. The molecule has 2 heterocycles. The van der Waals surface area contributed by atoms with Crippen LogP contribution in [-0.2, 0) is 0 Å². The minimum absolute atomic E-state index is 0.749. The monoisotopic (exact) mass is 225 g/mol. The van der Waals surface area contributed by atoms with Gasteiger partial charge in [0.15, 0.2) is 0 Å². The van der Waals surface area contributed by atoms with Crippen LogP contribution in [0, 0.1) is 6.92 Å². The van der Waals surface area contributed by atoms with Gasteiger partial charge in [-0.25, -0.2) is 0 Å². The third-order valence-corrected chi connectivity index (χ3v) is 4.12. The number of aryl methyl sites for hydroxylation is 1. The quantitative estimate of drug-likeness (QED) is 0.797. The molecule has 0 aliphatic carbocycles. The number of rotatable bonds is 4. The number of hydrogen-bond donors (Lipinski definition) is 1. The molecule has 0 saturated carbocycles. The van der Waals surface area contributed by atoms with Crippen LogP contribution in [0.25, 0.3) is 0 Å². The summed E-state index contributed by atoms with van der Waals surface area (Å²) in [6.07, 6.45) is 7.15. The molecule has 1 N–H and O–H groups in total. The molecule has 2 nitrogen and oxygen atoms in total. The lowest BCUT2D eigenvalue weighted by atomic mass is 10.0. The van der Waals surface area contributed by atoms with E-state index in [1.54, 1.807) is 6.26 Å². The fraction of sp³-hybridized carbons (Fsp3) is 0.667. The van der Waals surface area contributed by atoms with Crippen molar-refractivity contribution in [3.05, 3.63) is 18.1 Å². The van der Waals surface area contributed by atoms with Gasteiger partial charge in [-0.2, -0.15) is 0 Å². The summed E-state index contributed by atoms with van der Waals surface area (Å²) in [7, 11) is 0. The average molecular weight is 225 g/mol. The van der Waals surface area contributed by atoms with Gasteiger partial charge in [0.1, 0.15) is 5.76 Å². The Kier molecular flexibility index (Phi) is 4.15. The van der Waals surface area contributed by atoms with Crippen LogP contribution in [0.15, 0.2) is 21.6 Å². The minimum Gasteiger partial charge on any atom is -0.468 e. The Morgan fingerprint density at radius 1 is 1.53 bits per heavy atom. The molecule has 0 spiro atoms. The van der Waals surface area contributed by atoms with E-state index in [9.17, 15) is 0 Å². The molecule has 1 saturated heterocycles. The molecule has 1 aromatic rings. The maximum atomic E-state index is 5.27. The van der Waals surface area contributed by atoms with Crippen molar-refractivity contribution in [2.75, 3.05) is 12.3 Å². The number of piperidine rings is 1. The molecule has 0 amide bonds. The van der Waals surface area contributed by atoms with Gasteiger partial charge in [-0.1, -0.05) is 6.42 Å². The molecule has 3 heteroatoms. The van der Waals surface area contributed by atoms with Crippen molar-refractivity contribution in [1.29, 1.82) is 0 Å². The zero-order valence-electron chi connectivity index (χ0n) is 9.29. The van der Waals surface area contributed by atoms with Crippen LogP contribution in [0.4, 0.5) is 0 Å². The van der Waals surface area contributed by atoms with E-state index in [1.165, 1.54) is 42.9 Å². The first-order valence-corrected chi connectivity index (χ1v) is 6.75. The summed E-state index contributed by atoms with van der Waals surface area (Å²) in [6, 6.07) is 2.81. The summed E-state index contributed by atoms with van der Waals surface area (Å²) in [6.45, 7) is 3.24. The number of hydrogen-bond acceptors (Lipinski definition) is 3. The molecule has 1 aliphatic rings. The number of nitrogens with one attached hydrogen (secondary N) is 1. The molecule has 1 aliphatic heterocycles. The van der Waals surface area contributed by atoms with Crippen molar-refractivity contribution in [1.82, 2.24) is 5.32 Å². The van der Waals surface area contributed by atoms with Gasteiger partial charge in [0, 0.05) is 10.9 Å². The highest BCUT2D eigenvalue weighted by atomic mass is 32.2. The molecule has 1 atom stereocenters. The standard InChI is InChI=1S/C12H19NOS/c1-10-12(5-8-14-10)15-9-6-11-4-2-3-7-13-11/h5,8,11,13H,2-4,6-7,9H2,1H3. The molecule has 0 aromatic carbocycles. The van der Waals surface area contributed by atoms with E-state index >= 15 is 0 Å². The van der Waals surface area contributed by atoms with Gasteiger partial charge < -0.3 is 9.73 Å². The molecule has 2 rings (SSSR count). The second-order valence-electron chi connectivity index (χ2n) is 4.13. The van der Waals surface area contributed by atoms with Gasteiger partial charge in [0.2, 0.25) is 0 Å². The maximum absolute atomic E-state index is 5.27. The van der Waals surface area contributed by atoms with E-state index in [-0.39, 0.29) is 0 Å². The molecule has 1 unspecified atom stereocenters. The largest absolute Gasteiger partial charge is 0.468 e. The van der Waals surface area contributed by atoms with Crippen molar-refractivity contribution >= 4 is 11.8 Å². The Labute approximate surface area is 95.8 Å². The Morgan fingerprint density at radius 3 is 3.13 bits per heavy atom. The van der Waals surface area contributed by atoms with E-state index in [4.69, 9.17) is 4.42 Å². The lowest BCUT2D eigenvalue weighted by molar-refractivity contribution is 0.394. The second kappa shape index (κ2) is 5.61. The van der Waals surface area contributed by atoms with Crippen LogP contribution in [0.1, 0.15) is 31.4 Å². The lowest BCUT2D eigenvalue weighted by Crippen LogP contribution is -2.34. The lowest BCUT2D eigenvalue weighted by Gasteiger charge is -2.22. The Balaban J connectivity index is 1.68. The zero-order valence-corrected chi connectivity index (χ0v) is 10.1. The summed E-state index contributed by atoms with van der Waals surface area (Å²) in [4.78, 5) is 1.30. The Bertz CT molecular complexity index is 292. The van der Waals surface area contributed by atoms with Crippen LogP contribution in [0.2, 0.25) is 0 Å². The molecule has 0 radical (unpaired) electrons. The van der Waals surface area contributed by atoms with Gasteiger partial charge in [-0.3, -0.25) is 0 Å². The highest BCUT2D eigenvalue weighted by Crippen LogP contribution is 2.24. The number of furan rings is 1. The van der Waals surface area contributed by atoms with Crippen molar-refractivity contribution < 1.29 is 4.42 Å². The van der Waals surface area contributed by atoms with Gasteiger partial charge >= 0.3 is 0 Å². The predicted octanol–water partition coefficient (Wildman–Crippen LogP) is 3.21. The maximum Gasteiger partial charge on any atom is 0.114 e. The molecule has 84 valence electrons. The topological polar surface area (TPSA) is 25.2 Å². The van der Waals surface area contributed by atoms with Crippen molar-refractivity contribution in [2.24, 2.45) is 0 Å². The highest BCUT2D eigenvalue weighted by Gasteiger charge is 2.12. The van der Waals surface area contributed by atoms with Crippen molar-refractivity contribution in [2.45, 2.75) is 43.5 Å². The first-order valence-electron chi connectivity index (χ1n) is 5.76. The summed E-state index contributed by atoms with van der Waals surface area (Å²) < 4.78 is 5.27. The molecule has 1 fully saturated rings. The Morgan fingerprint density at radius 2 is 2.47 bits per heavy atom.